The number of hydrogen-bond acceptors (Lipinski definition) is 7. The third-order valence-electron chi connectivity index (χ3n) is 1.72. The maximum atomic E-state index is 8.24. The lowest BCUT2D eigenvalue weighted by molar-refractivity contribution is 0.0336. The quantitative estimate of drug-likeness (QED) is 0.390. The van der Waals surface area contributed by atoms with Gasteiger partial charge in [-0.15, -0.1) is 0 Å². The summed E-state index contributed by atoms with van der Waals surface area (Å²) >= 11 is 0. The van der Waals surface area contributed by atoms with Gasteiger partial charge < -0.3 is 33.5 Å². The van der Waals surface area contributed by atoms with Crippen LogP contribution in [0.3, 0.4) is 0 Å². The van der Waals surface area contributed by atoms with Gasteiger partial charge in [-0.2, -0.15) is 0 Å². The molecule has 0 fully saturated rings. The highest BCUT2D eigenvalue weighted by Gasteiger charge is 1.87. The smallest absolute Gasteiger partial charge is 0.125 e. The van der Waals surface area contributed by atoms with Crippen LogP contribution in [0.5, 0.6) is 0 Å². The van der Waals surface area contributed by atoms with Crippen LogP contribution in [0.2, 0.25) is 0 Å². The largest absolute Gasteiger partial charge is 0.512 e. The van der Waals surface area contributed by atoms with Crippen molar-refractivity contribution in [3.63, 3.8) is 0 Å². The second-order valence-electron chi connectivity index (χ2n) is 3.19. The molecule has 0 aliphatic rings. The van der Waals surface area contributed by atoms with Crippen molar-refractivity contribution in [2.24, 2.45) is 0 Å². The molecule has 0 amide bonds. The summed E-state index contributed by atoms with van der Waals surface area (Å²) in [6.07, 6.45) is 9.71. The lowest BCUT2D eigenvalue weighted by atomic mass is 10.7. The van der Waals surface area contributed by atoms with E-state index >= 15 is 0 Å². The van der Waals surface area contributed by atoms with Gasteiger partial charge in [0.25, 0.3) is 0 Å². The van der Waals surface area contributed by atoms with Gasteiger partial charge in [0.2, 0.25) is 0 Å². The molecule has 0 aliphatic carbocycles. The average molecular weight is 302 g/mol. The van der Waals surface area contributed by atoms with Crippen LogP contribution >= 0.6 is 0 Å². The van der Waals surface area contributed by atoms with Crippen LogP contribution in [0.1, 0.15) is 6.92 Å². The highest BCUT2D eigenvalue weighted by Crippen LogP contribution is 1.87. The van der Waals surface area contributed by atoms with Crippen molar-refractivity contribution in [2.45, 2.75) is 6.92 Å². The minimum atomic E-state index is 0.435. The first kappa shape index (κ1) is 18.9. The molecule has 0 unspecified atom stereocenters. The molecule has 0 saturated heterocycles. The summed E-state index contributed by atoms with van der Waals surface area (Å²) in [7, 11) is 0. The summed E-state index contributed by atoms with van der Waals surface area (Å²) in [5, 5.41) is 8.24. The molecule has 0 bridgehead atoms. The van der Waals surface area contributed by atoms with Gasteiger partial charge >= 0.3 is 0 Å². The Morgan fingerprint density at radius 3 is 1.81 bits per heavy atom. The van der Waals surface area contributed by atoms with E-state index in [0.717, 1.165) is 12.5 Å². The normalized spacial score (nSPS) is 11.9. The maximum Gasteiger partial charge on any atom is 0.125 e. The third kappa shape index (κ3) is 17.9. The molecular weight excluding hydrogens is 280 g/mol. The van der Waals surface area contributed by atoms with Crippen molar-refractivity contribution in [1.82, 2.24) is 0 Å². The molecule has 0 spiro atoms. The van der Waals surface area contributed by atoms with Crippen molar-refractivity contribution in [3.8, 4) is 0 Å². The van der Waals surface area contributed by atoms with Gasteiger partial charge in [-0.3, -0.25) is 0 Å². The monoisotopic (exact) mass is 302 g/mol. The molecule has 0 radical (unpaired) electrons. The first-order valence-electron chi connectivity index (χ1n) is 6.39. The molecule has 0 heterocycles. The van der Waals surface area contributed by atoms with Gasteiger partial charge in [0.1, 0.15) is 56.7 Å². The third-order valence-corrected chi connectivity index (χ3v) is 1.72. The molecule has 120 valence electrons. The first-order valence-corrected chi connectivity index (χ1v) is 6.39. The van der Waals surface area contributed by atoms with Crippen molar-refractivity contribution in [3.05, 3.63) is 50.1 Å². The molecule has 0 saturated carbocycles. The van der Waals surface area contributed by atoms with Crippen LogP contribution < -0.4 is 0 Å². The molecule has 0 aromatic carbocycles. The van der Waals surface area contributed by atoms with E-state index in [2.05, 4.69) is 4.74 Å². The van der Waals surface area contributed by atoms with E-state index in [1.54, 1.807) is 0 Å². The van der Waals surface area contributed by atoms with E-state index in [-0.39, 0.29) is 0 Å². The van der Waals surface area contributed by atoms with E-state index in [9.17, 15) is 0 Å². The summed E-state index contributed by atoms with van der Waals surface area (Å²) in [6, 6.07) is 0. The van der Waals surface area contributed by atoms with Crippen LogP contribution in [-0.4, -0.2) is 38.1 Å². The van der Waals surface area contributed by atoms with E-state index in [1.165, 1.54) is 37.6 Å². The molecule has 0 aromatic heterocycles. The first-order chi connectivity index (χ1) is 10.4. The minimum Gasteiger partial charge on any atom is -0.512 e. The van der Waals surface area contributed by atoms with E-state index < -0.39 is 0 Å². The summed E-state index contributed by atoms with van der Waals surface area (Å²) in [5.41, 5.74) is 0. The maximum absolute atomic E-state index is 8.24. The fourth-order valence-electron chi connectivity index (χ4n) is 0.910. The van der Waals surface area contributed by atoms with Crippen molar-refractivity contribution in [2.75, 3.05) is 33.0 Å². The van der Waals surface area contributed by atoms with Gasteiger partial charge in [-0.1, -0.05) is 0 Å². The van der Waals surface area contributed by atoms with Crippen LogP contribution in [-0.2, 0) is 28.4 Å². The molecule has 0 aromatic rings. The SMILES string of the molecule is CCOCCOCCO/C=C/O/C=C/O/C=C/O/C=C\O. The fraction of sp³-hybridized carbons (Fsp3) is 0.429. The lowest BCUT2D eigenvalue weighted by Gasteiger charge is -2.03. The second-order valence-corrected chi connectivity index (χ2v) is 3.19. The average Bonchev–Trinajstić information content (AvgIpc) is 2.50. The van der Waals surface area contributed by atoms with Crippen LogP contribution in [0.15, 0.2) is 50.1 Å². The topological polar surface area (TPSA) is 75.6 Å². The van der Waals surface area contributed by atoms with Crippen LogP contribution in [0.25, 0.3) is 0 Å². The predicted molar refractivity (Wildman–Crippen MR) is 75.7 cm³/mol. The Labute approximate surface area is 124 Å². The molecule has 21 heavy (non-hydrogen) atoms. The molecule has 7 nitrogen and oxygen atoms in total. The van der Waals surface area contributed by atoms with Gasteiger partial charge in [-0.05, 0) is 6.92 Å². The molecular formula is C14H22O7. The standard InChI is InChI=1S/C14H22O7/c1-2-16-5-6-18-9-10-20-13-14-21-12-11-19-8-7-17-4-3-15/h3-4,7-8,11-15H,2,5-6,9-10H2,1H3/b4-3-,8-7+,12-11+,14-13+. The number of ether oxygens (including phenoxy) is 6. The van der Waals surface area contributed by atoms with E-state index in [1.807, 2.05) is 6.92 Å². The summed E-state index contributed by atoms with van der Waals surface area (Å²) in [6.45, 7) is 4.71. The zero-order chi connectivity index (χ0) is 15.4. The lowest BCUT2D eigenvalue weighted by Crippen LogP contribution is -2.07. The van der Waals surface area contributed by atoms with E-state index in [0.29, 0.717) is 33.0 Å². The van der Waals surface area contributed by atoms with Crippen molar-refractivity contribution >= 4 is 0 Å². The van der Waals surface area contributed by atoms with Crippen molar-refractivity contribution in [1.29, 1.82) is 0 Å². The Hall–Kier alpha value is -2.12. The zero-order valence-corrected chi connectivity index (χ0v) is 12.1. The zero-order valence-electron chi connectivity index (χ0n) is 12.1. The highest BCUT2D eigenvalue weighted by molar-refractivity contribution is 4.74. The Morgan fingerprint density at radius 2 is 1.19 bits per heavy atom. The Bertz CT molecular complexity index is 310. The number of rotatable bonds is 14. The number of aliphatic hydroxyl groups is 1. The molecule has 7 heteroatoms. The van der Waals surface area contributed by atoms with Gasteiger partial charge in [0.15, 0.2) is 0 Å². The van der Waals surface area contributed by atoms with Crippen LogP contribution in [0, 0.1) is 0 Å². The second kappa shape index (κ2) is 17.9. The molecule has 0 rings (SSSR count). The highest BCUT2D eigenvalue weighted by atomic mass is 16.5. The van der Waals surface area contributed by atoms with Gasteiger partial charge in [-0.25, -0.2) is 0 Å². The Kier molecular flexibility index (Phi) is 16.1. The molecule has 0 atom stereocenters. The fourth-order valence-corrected chi connectivity index (χ4v) is 0.910. The van der Waals surface area contributed by atoms with Gasteiger partial charge in [0, 0.05) is 6.61 Å². The Morgan fingerprint density at radius 1 is 0.667 bits per heavy atom. The minimum absolute atomic E-state index is 0.435. The predicted octanol–water partition coefficient (Wildman–Crippen LogP) is 2.55. The molecule has 0 aliphatic heterocycles. The van der Waals surface area contributed by atoms with Gasteiger partial charge in [0.05, 0.1) is 19.8 Å². The number of aliphatic hydroxyl groups excluding tert-OH is 1. The summed E-state index contributed by atoms with van der Waals surface area (Å²) in [5.74, 6) is 0. The number of hydrogen-bond donors (Lipinski definition) is 1. The van der Waals surface area contributed by atoms with Crippen molar-refractivity contribution < 1.29 is 33.5 Å². The van der Waals surface area contributed by atoms with Crippen LogP contribution in [0.4, 0.5) is 0 Å². The van der Waals surface area contributed by atoms with E-state index in [4.69, 9.17) is 28.8 Å². The molecule has 1 N–H and O–H groups in total. The Balaban J connectivity index is 3.26. The summed E-state index contributed by atoms with van der Waals surface area (Å²) in [4.78, 5) is 0. The summed E-state index contributed by atoms with van der Waals surface area (Å²) < 4.78 is 29.8.